The summed E-state index contributed by atoms with van der Waals surface area (Å²) in [6.07, 6.45) is 2.59. The minimum atomic E-state index is -0.563. The quantitative estimate of drug-likeness (QED) is 0.188. The highest BCUT2D eigenvalue weighted by molar-refractivity contribution is 5.99. The molecule has 2 aromatic heterocycles. The monoisotopic (exact) mass is 587 g/mol. The first-order chi connectivity index (χ1) is 21.1. The van der Waals surface area contributed by atoms with Crippen molar-refractivity contribution in [2.24, 2.45) is 5.73 Å². The first-order valence-corrected chi connectivity index (χ1v) is 14.5. The maximum absolute atomic E-state index is 12.3. The van der Waals surface area contributed by atoms with Crippen LogP contribution in [0.5, 0.6) is 5.75 Å². The molecule has 43 heavy (non-hydrogen) atoms. The maximum atomic E-state index is 12.3. The molecule has 4 N–H and O–H groups in total. The van der Waals surface area contributed by atoms with Crippen LogP contribution in [0.2, 0.25) is 0 Å². The number of pyridine rings is 1. The van der Waals surface area contributed by atoms with Gasteiger partial charge in [0.05, 0.1) is 25.3 Å². The first kappa shape index (κ1) is 29.8. The van der Waals surface area contributed by atoms with Gasteiger partial charge in [-0.05, 0) is 42.7 Å². The SMILES string of the molecule is NC(=O)c1cc(OCCCN2CCOCC2)c2c(c1)nc(Nc1ccccn1)n2CCCNC(=O)OCc1ccccc1. The number of anilines is 2. The third-order valence-corrected chi connectivity index (χ3v) is 7.02. The topological polar surface area (TPSA) is 146 Å². The maximum Gasteiger partial charge on any atom is 0.407 e. The van der Waals surface area contributed by atoms with Gasteiger partial charge in [-0.3, -0.25) is 9.69 Å². The molecular formula is C31H37N7O5. The second-order valence-corrected chi connectivity index (χ2v) is 10.1. The van der Waals surface area contributed by atoms with Crippen molar-refractivity contribution in [3.8, 4) is 5.75 Å². The van der Waals surface area contributed by atoms with Gasteiger partial charge in [0.15, 0.2) is 0 Å². The first-order valence-electron chi connectivity index (χ1n) is 14.5. The third kappa shape index (κ3) is 8.43. The van der Waals surface area contributed by atoms with Gasteiger partial charge in [0.25, 0.3) is 0 Å². The number of morpholine rings is 1. The number of benzene rings is 2. The number of nitrogens with zero attached hydrogens (tertiary/aromatic N) is 4. The van der Waals surface area contributed by atoms with Crippen molar-refractivity contribution < 1.29 is 23.8 Å². The molecule has 12 heteroatoms. The lowest BCUT2D eigenvalue weighted by Gasteiger charge is -2.26. The molecule has 0 atom stereocenters. The molecule has 2 amide bonds. The van der Waals surface area contributed by atoms with Gasteiger partial charge in [0.2, 0.25) is 11.9 Å². The Morgan fingerprint density at radius 3 is 2.58 bits per heavy atom. The van der Waals surface area contributed by atoms with Gasteiger partial charge < -0.3 is 35.1 Å². The van der Waals surface area contributed by atoms with E-state index < -0.39 is 12.0 Å². The molecule has 5 rings (SSSR count). The van der Waals surface area contributed by atoms with Gasteiger partial charge in [0, 0.05) is 44.5 Å². The van der Waals surface area contributed by atoms with Crippen molar-refractivity contribution in [2.45, 2.75) is 26.0 Å². The number of hydrogen-bond acceptors (Lipinski definition) is 9. The minimum Gasteiger partial charge on any atom is -0.491 e. The van der Waals surface area contributed by atoms with Crippen LogP contribution in [-0.4, -0.2) is 77.4 Å². The van der Waals surface area contributed by atoms with Crippen LogP contribution in [0.25, 0.3) is 11.0 Å². The number of aryl methyl sites for hydroxylation is 1. The number of ether oxygens (including phenoxy) is 3. The van der Waals surface area contributed by atoms with Gasteiger partial charge in [-0.1, -0.05) is 36.4 Å². The smallest absolute Gasteiger partial charge is 0.407 e. The molecule has 1 saturated heterocycles. The van der Waals surface area contributed by atoms with Crippen LogP contribution in [0, 0.1) is 0 Å². The fourth-order valence-electron chi connectivity index (χ4n) is 4.84. The number of carbonyl (C=O) groups is 2. The summed E-state index contributed by atoms with van der Waals surface area (Å²) in [7, 11) is 0. The fraction of sp³-hybridized carbons (Fsp3) is 0.355. The van der Waals surface area contributed by atoms with E-state index in [9.17, 15) is 9.59 Å². The van der Waals surface area contributed by atoms with E-state index >= 15 is 0 Å². The van der Waals surface area contributed by atoms with E-state index in [0.29, 0.717) is 54.7 Å². The summed E-state index contributed by atoms with van der Waals surface area (Å²) in [5.74, 6) is 1.10. The normalized spacial score (nSPS) is 13.5. The standard InChI is InChI=1S/C31H37N7O5/c32-29(39)24-20-25-28(26(21-24)42-17-7-13-37-15-18-41-19-16-37)38(30(35-25)36-27-10-4-5-11-33-27)14-6-12-34-31(40)43-22-23-8-2-1-3-9-23/h1-5,8-11,20-21H,6-7,12-19,22H2,(H2,32,39)(H,34,40)(H,33,35,36). The van der Waals surface area contributed by atoms with E-state index in [4.69, 9.17) is 24.9 Å². The Morgan fingerprint density at radius 2 is 1.81 bits per heavy atom. The number of imidazole rings is 1. The third-order valence-electron chi connectivity index (χ3n) is 7.02. The zero-order valence-electron chi connectivity index (χ0n) is 24.0. The number of alkyl carbamates (subject to hydrolysis) is 1. The molecule has 0 unspecified atom stereocenters. The molecule has 2 aromatic carbocycles. The minimum absolute atomic E-state index is 0.200. The second kappa shape index (κ2) is 15.0. The average Bonchev–Trinajstić information content (AvgIpc) is 3.38. The number of aromatic nitrogens is 3. The zero-order valence-corrected chi connectivity index (χ0v) is 24.0. The Morgan fingerprint density at radius 1 is 1.00 bits per heavy atom. The van der Waals surface area contributed by atoms with E-state index in [2.05, 4.69) is 20.5 Å². The van der Waals surface area contributed by atoms with E-state index in [1.807, 2.05) is 53.1 Å². The van der Waals surface area contributed by atoms with E-state index in [0.717, 1.165) is 50.3 Å². The summed E-state index contributed by atoms with van der Waals surface area (Å²) in [5.41, 5.74) is 8.17. The Balaban J connectivity index is 1.31. The molecule has 4 aromatic rings. The lowest BCUT2D eigenvalue weighted by molar-refractivity contribution is 0.0358. The van der Waals surface area contributed by atoms with Crippen LogP contribution in [0.1, 0.15) is 28.8 Å². The molecule has 0 saturated carbocycles. The van der Waals surface area contributed by atoms with E-state index in [1.54, 1.807) is 18.3 Å². The molecular weight excluding hydrogens is 550 g/mol. The molecule has 1 aliphatic heterocycles. The summed E-state index contributed by atoms with van der Waals surface area (Å²) in [6, 6.07) is 18.4. The predicted octanol–water partition coefficient (Wildman–Crippen LogP) is 3.69. The van der Waals surface area contributed by atoms with Gasteiger partial charge in [-0.15, -0.1) is 0 Å². The number of hydrogen-bond donors (Lipinski definition) is 3. The van der Waals surface area contributed by atoms with Crippen molar-refractivity contribution in [1.82, 2.24) is 24.8 Å². The number of amides is 2. The lowest BCUT2D eigenvalue weighted by atomic mass is 10.1. The summed E-state index contributed by atoms with van der Waals surface area (Å²) >= 11 is 0. The summed E-state index contributed by atoms with van der Waals surface area (Å²) in [4.78, 5) is 35.9. The molecule has 0 aliphatic carbocycles. The van der Waals surface area contributed by atoms with Gasteiger partial charge in [-0.25, -0.2) is 14.8 Å². The molecule has 0 spiro atoms. The number of carbonyl (C=O) groups excluding carboxylic acids is 2. The number of fused-ring (bicyclic) bond motifs is 1. The number of nitrogens with one attached hydrogen (secondary N) is 2. The van der Waals surface area contributed by atoms with Crippen molar-refractivity contribution in [3.05, 3.63) is 78.0 Å². The highest BCUT2D eigenvalue weighted by atomic mass is 16.5. The summed E-state index contributed by atoms with van der Waals surface area (Å²) < 4.78 is 19.0. The number of rotatable bonds is 14. The van der Waals surface area contributed by atoms with Crippen molar-refractivity contribution in [3.63, 3.8) is 0 Å². The lowest BCUT2D eigenvalue weighted by Crippen LogP contribution is -2.37. The fourth-order valence-corrected chi connectivity index (χ4v) is 4.84. The molecule has 12 nitrogen and oxygen atoms in total. The molecule has 3 heterocycles. The van der Waals surface area contributed by atoms with Crippen LogP contribution < -0.4 is 21.1 Å². The highest BCUT2D eigenvalue weighted by Gasteiger charge is 2.19. The van der Waals surface area contributed by atoms with E-state index in [-0.39, 0.29) is 6.61 Å². The Kier molecular flexibility index (Phi) is 10.4. The predicted molar refractivity (Wildman–Crippen MR) is 162 cm³/mol. The second-order valence-electron chi connectivity index (χ2n) is 10.1. The van der Waals surface area contributed by atoms with E-state index in [1.165, 1.54) is 0 Å². The van der Waals surface area contributed by atoms with Crippen LogP contribution >= 0.6 is 0 Å². The van der Waals surface area contributed by atoms with Gasteiger partial charge in [-0.2, -0.15) is 0 Å². The van der Waals surface area contributed by atoms with Crippen molar-refractivity contribution in [2.75, 3.05) is 51.3 Å². The average molecular weight is 588 g/mol. The van der Waals surface area contributed by atoms with Crippen LogP contribution in [0.15, 0.2) is 66.9 Å². The zero-order chi connectivity index (χ0) is 29.9. The summed E-state index contributed by atoms with van der Waals surface area (Å²) in [5, 5.41) is 6.09. The molecule has 0 radical (unpaired) electrons. The van der Waals surface area contributed by atoms with Gasteiger partial charge >= 0.3 is 6.09 Å². The summed E-state index contributed by atoms with van der Waals surface area (Å²) in [6.45, 7) is 5.72. The Hall–Kier alpha value is -4.68. The number of nitrogens with two attached hydrogens (primary N) is 1. The Labute approximate surface area is 250 Å². The Bertz CT molecular complexity index is 1490. The van der Waals surface area contributed by atoms with Gasteiger partial charge in [0.1, 0.15) is 23.7 Å². The molecule has 1 fully saturated rings. The van der Waals surface area contributed by atoms with Crippen LogP contribution in [-0.2, 0) is 22.6 Å². The largest absolute Gasteiger partial charge is 0.491 e. The van der Waals surface area contributed by atoms with Crippen LogP contribution in [0.4, 0.5) is 16.6 Å². The van der Waals surface area contributed by atoms with Crippen molar-refractivity contribution in [1.29, 1.82) is 0 Å². The highest BCUT2D eigenvalue weighted by Crippen LogP contribution is 2.32. The molecule has 226 valence electrons. The number of primary amides is 1. The molecule has 1 aliphatic rings. The molecule has 0 bridgehead atoms. The van der Waals surface area contributed by atoms with Crippen LogP contribution in [0.3, 0.4) is 0 Å². The van der Waals surface area contributed by atoms with Crippen molar-refractivity contribution >= 4 is 34.8 Å².